The number of urea groups is 1. The fourth-order valence-electron chi connectivity index (χ4n) is 2.48. The van der Waals surface area contributed by atoms with Crippen LogP contribution in [0.15, 0.2) is 41.9 Å². The van der Waals surface area contributed by atoms with Crippen LogP contribution < -0.4 is 10.6 Å². The average Bonchev–Trinajstić information content (AvgIpc) is 3.10. The van der Waals surface area contributed by atoms with Crippen LogP contribution in [0.2, 0.25) is 0 Å². The molecule has 0 spiro atoms. The van der Waals surface area contributed by atoms with Crippen molar-refractivity contribution in [2.45, 2.75) is 33.1 Å². The van der Waals surface area contributed by atoms with E-state index in [1.54, 1.807) is 12.3 Å². The van der Waals surface area contributed by atoms with Gasteiger partial charge in [-0.15, -0.1) is 11.3 Å². The van der Waals surface area contributed by atoms with E-state index in [1.807, 2.05) is 29.6 Å². The van der Waals surface area contributed by atoms with Crippen molar-refractivity contribution in [1.29, 1.82) is 0 Å². The van der Waals surface area contributed by atoms with Crippen LogP contribution in [0.25, 0.3) is 10.6 Å². The molecule has 7 heteroatoms. The van der Waals surface area contributed by atoms with Crippen LogP contribution in [0, 0.1) is 0 Å². The van der Waals surface area contributed by atoms with Gasteiger partial charge in [0.25, 0.3) is 0 Å². The van der Waals surface area contributed by atoms with Gasteiger partial charge in [0.15, 0.2) is 0 Å². The molecule has 3 rings (SSSR count). The highest BCUT2D eigenvalue weighted by molar-refractivity contribution is 7.13. The van der Waals surface area contributed by atoms with Crippen molar-refractivity contribution in [3.05, 3.63) is 53.3 Å². The van der Waals surface area contributed by atoms with Gasteiger partial charge in [-0.2, -0.15) is 0 Å². The van der Waals surface area contributed by atoms with Crippen LogP contribution >= 0.6 is 11.3 Å². The molecular weight excluding hydrogens is 346 g/mol. The van der Waals surface area contributed by atoms with Crippen molar-refractivity contribution in [3.8, 4) is 10.6 Å². The maximum Gasteiger partial charge on any atom is 0.326 e. The summed E-state index contributed by atoms with van der Waals surface area (Å²) in [5, 5.41) is 8.17. The van der Waals surface area contributed by atoms with Crippen molar-refractivity contribution in [2.24, 2.45) is 0 Å². The van der Waals surface area contributed by atoms with Crippen LogP contribution in [0.5, 0.6) is 0 Å². The predicted molar refractivity (Wildman–Crippen MR) is 106 cm³/mol. The number of aromatic nitrogens is 3. The third-order valence-electron chi connectivity index (χ3n) is 3.73. The lowest BCUT2D eigenvalue weighted by atomic mass is 10.2. The molecule has 0 bridgehead atoms. The molecule has 134 valence electrons. The highest BCUT2D eigenvalue weighted by Gasteiger charge is 2.09. The lowest BCUT2D eigenvalue weighted by Gasteiger charge is -2.06. The normalized spacial score (nSPS) is 10.5. The molecule has 0 atom stereocenters. The third-order valence-corrected chi connectivity index (χ3v) is 4.62. The summed E-state index contributed by atoms with van der Waals surface area (Å²) in [5.41, 5.74) is 2.98. The summed E-state index contributed by atoms with van der Waals surface area (Å²) in [4.78, 5) is 25.4. The zero-order chi connectivity index (χ0) is 18.4. The maximum atomic E-state index is 12.2. The van der Waals surface area contributed by atoms with E-state index in [-0.39, 0.29) is 6.03 Å². The smallest absolute Gasteiger partial charge is 0.292 e. The number of aryl methyl sites for hydroxylation is 2. The Morgan fingerprint density at radius 2 is 1.92 bits per heavy atom. The van der Waals surface area contributed by atoms with E-state index in [0.29, 0.717) is 11.6 Å². The van der Waals surface area contributed by atoms with Crippen LogP contribution in [-0.4, -0.2) is 21.0 Å². The largest absolute Gasteiger partial charge is 0.326 e. The molecule has 3 aromatic heterocycles. The monoisotopic (exact) mass is 367 g/mol. The molecule has 0 aliphatic carbocycles. The molecule has 26 heavy (non-hydrogen) atoms. The van der Waals surface area contributed by atoms with Gasteiger partial charge in [0.1, 0.15) is 16.6 Å². The number of hydrogen-bond acceptors (Lipinski definition) is 5. The Morgan fingerprint density at radius 3 is 2.73 bits per heavy atom. The van der Waals surface area contributed by atoms with Gasteiger partial charge in [0, 0.05) is 28.5 Å². The zero-order valence-electron chi connectivity index (χ0n) is 14.8. The lowest BCUT2D eigenvalue weighted by Crippen LogP contribution is -2.20. The third kappa shape index (κ3) is 4.64. The molecule has 0 aliphatic heterocycles. The molecule has 3 heterocycles. The number of pyridine rings is 2. The van der Waals surface area contributed by atoms with Gasteiger partial charge in [-0.25, -0.2) is 14.8 Å². The number of carbonyl (C=O) groups is 1. The van der Waals surface area contributed by atoms with Crippen LogP contribution in [0.3, 0.4) is 0 Å². The summed E-state index contributed by atoms with van der Waals surface area (Å²) in [7, 11) is 0. The second-order valence-corrected chi connectivity index (χ2v) is 6.63. The number of carbonyl (C=O) groups excluding carboxylic acids is 1. The summed E-state index contributed by atoms with van der Waals surface area (Å²) >= 11 is 1.48. The van der Waals surface area contributed by atoms with E-state index in [2.05, 4.69) is 39.4 Å². The number of nitrogens with zero attached hydrogens (tertiary/aromatic N) is 3. The number of anilines is 2. The molecular formula is C19H21N5OS. The summed E-state index contributed by atoms with van der Waals surface area (Å²) < 4.78 is 0. The standard InChI is InChI=1S/C19H21N5OS/c1-3-6-15-7-5-8-16(21-15)23-19(25)24-17-12-26-18(22-17)13-9-10-20-14(4-2)11-13/h5,7-12H,3-4,6H2,1-2H3,(H2,21,23,24,25). The minimum atomic E-state index is -0.355. The molecule has 2 amide bonds. The first-order valence-corrected chi connectivity index (χ1v) is 9.50. The molecule has 0 aromatic carbocycles. The van der Waals surface area contributed by atoms with Crippen molar-refractivity contribution in [1.82, 2.24) is 15.0 Å². The van der Waals surface area contributed by atoms with Gasteiger partial charge in [-0.05, 0) is 37.1 Å². The Labute approximate surface area is 156 Å². The van der Waals surface area contributed by atoms with E-state index >= 15 is 0 Å². The van der Waals surface area contributed by atoms with Crippen molar-refractivity contribution < 1.29 is 4.79 Å². The molecule has 0 unspecified atom stereocenters. The van der Waals surface area contributed by atoms with Gasteiger partial charge in [-0.1, -0.05) is 26.3 Å². The Balaban J connectivity index is 1.65. The van der Waals surface area contributed by atoms with Crippen molar-refractivity contribution in [2.75, 3.05) is 10.6 Å². The SMILES string of the molecule is CCCc1cccc(NC(=O)Nc2csc(-c3ccnc(CC)c3)n2)n1. The van der Waals surface area contributed by atoms with Gasteiger partial charge in [0.05, 0.1) is 0 Å². The number of amides is 2. The molecule has 6 nitrogen and oxygen atoms in total. The number of thiazole rings is 1. The average molecular weight is 367 g/mol. The van der Waals surface area contributed by atoms with E-state index < -0.39 is 0 Å². The van der Waals surface area contributed by atoms with E-state index in [1.165, 1.54) is 11.3 Å². The van der Waals surface area contributed by atoms with Gasteiger partial charge < -0.3 is 0 Å². The second-order valence-electron chi connectivity index (χ2n) is 5.77. The molecule has 0 radical (unpaired) electrons. The van der Waals surface area contributed by atoms with Crippen molar-refractivity contribution in [3.63, 3.8) is 0 Å². The topological polar surface area (TPSA) is 79.8 Å². The van der Waals surface area contributed by atoms with Crippen molar-refractivity contribution >= 4 is 29.0 Å². The van der Waals surface area contributed by atoms with Gasteiger partial charge >= 0.3 is 6.03 Å². The highest BCUT2D eigenvalue weighted by Crippen LogP contribution is 2.26. The van der Waals surface area contributed by atoms with Crippen LogP contribution in [0.1, 0.15) is 31.7 Å². The fourth-order valence-corrected chi connectivity index (χ4v) is 3.23. The van der Waals surface area contributed by atoms with Crippen LogP contribution in [0.4, 0.5) is 16.4 Å². The molecule has 0 aliphatic rings. The first-order chi connectivity index (χ1) is 12.7. The molecule has 0 fully saturated rings. The first-order valence-electron chi connectivity index (χ1n) is 8.62. The molecule has 0 saturated carbocycles. The van der Waals surface area contributed by atoms with E-state index in [0.717, 1.165) is 41.2 Å². The van der Waals surface area contributed by atoms with Crippen LogP contribution in [-0.2, 0) is 12.8 Å². The first kappa shape index (κ1) is 18.0. The minimum Gasteiger partial charge on any atom is -0.292 e. The number of hydrogen-bond donors (Lipinski definition) is 2. The minimum absolute atomic E-state index is 0.355. The van der Waals surface area contributed by atoms with Gasteiger partial charge in [-0.3, -0.25) is 15.6 Å². The Kier molecular flexibility index (Phi) is 5.91. The van der Waals surface area contributed by atoms with E-state index in [4.69, 9.17) is 0 Å². The van der Waals surface area contributed by atoms with Gasteiger partial charge in [0.2, 0.25) is 0 Å². The highest BCUT2D eigenvalue weighted by atomic mass is 32.1. The Morgan fingerprint density at radius 1 is 1.08 bits per heavy atom. The summed E-state index contributed by atoms with van der Waals surface area (Å²) in [6.07, 6.45) is 4.55. The maximum absolute atomic E-state index is 12.2. The lowest BCUT2D eigenvalue weighted by molar-refractivity contribution is 0.262. The van der Waals surface area contributed by atoms with E-state index in [9.17, 15) is 4.79 Å². The summed E-state index contributed by atoms with van der Waals surface area (Å²) in [6, 6.07) is 9.21. The molecule has 0 saturated heterocycles. The summed E-state index contributed by atoms with van der Waals surface area (Å²) in [6.45, 7) is 4.16. The Bertz CT molecular complexity index is 893. The molecule has 2 N–H and O–H groups in total. The molecule has 3 aromatic rings. The zero-order valence-corrected chi connectivity index (χ0v) is 15.6. The fraction of sp³-hybridized carbons (Fsp3) is 0.263. The predicted octanol–water partition coefficient (Wildman–Crippen LogP) is 4.76. The quantitative estimate of drug-likeness (QED) is 0.658. The Hall–Kier alpha value is -2.80. The number of rotatable bonds is 6. The summed E-state index contributed by atoms with van der Waals surface area (Å²) in [5.74, 6) is 1.05. The number of nitrogens with one attached hydrogen (secondary N) is 2. The second kappa shape index (κ2) is 8.53.